The molecule has 2 aromatic carbocycles. The van der Waals surface area contributed by atoms with E-state index in [2.05, 4.69) is 26.1 Å². The van der Waals surface area contributed by atoms with Gasteiger partial charge in [-0.3, -0.25) is 30.3 Å². The first-order chi connectivity index (χ1) is 13.1. The van der Waals surface area contributed by atoms with E-state index < -0.39 is 11.8 Å². The summed E-state index contributed by atoms with van der Waals surface area (Å²) in [5, 5.41) is 12.1. The number of carbonyl (C=O) groups excluding carboxylic acids is 2. The van der Waals surface area contributed by atoms with Crippen molar-refractivity contribution in [3.63, 3.8) is 0 Å². The third-order valence-electron chi connectivity index (χ3n) is 4.15. The summed E-state index contributed by atoms with van der Waals surface area (Å²) in [6.07, 6.45) is 0. The van der Waals surface area contributed by atoms with Crippen molar-refractivity contribution in [2.75, 3.05) is 0 Å². The molecule has 3 N–H and O–H groups in total. The van der Waals surface area contributed by atoms with Crippen molar-refractivity contribution in [2.45, 2.75) is 0 Å². The number of hydrogen-bond donors (Lipinski definition) is 3. The van der Waals surface area contributed by atoms with Crippen molar-refractivity contribution in [1.29, 1.82) is 0 Å². The van der Waals surface area contributed by atoms with Crippen LogP contribution in [-0.2, 0) is 7.05 Å². The monoisotopic (exact) mass is 362 g/mol. The average Bonchev–Trinajstić information content (AvgIpc) is 3.13. The topological polar surface area (TPSA) is 122 Å². The molecule has 2 aromatic heterocycles. The molecule has 0 aliphatic heterocycles. The number of amides is 2. The number of nitrogens with zero attached hydrogens (tertiary/aromatic N) is 3. The summed E-state index contributed by atoms with van der Waals surface area (Å²) < 4.78 is 1.08. The number of nitrogens with one attached hydrogen (secondary N) is 3. The van der Waals surface area contributed by atoms with Crippen LogP contribution in [0.25, 0.3) is 21.7 Å². The fourth-order valence-corrected chi connectivity index (χ4v) is 2.84. The normalized spacial score (nSPS) is 10.9. The molecule has 0 bridgehead atoms. The molecule has 0 aliphatic rings. The minimum absolute atomic E-state index is 0.0277. The van der Waals surface area contributed by atoms with E-state index in [0.29, 0.717) is 21.7 Å². The van der Waals surface area contributed by atoms with Crippen LogP contribution in [0.4, 0.5) is 0 Å². The zero-order chi connectivity index (χ0) is 19.0. The van der Waals surface area contributed by atoms with E-state index in [-0.39, 0.29) is 16.9 Å². The number of fused-ring (bicyclic) bond motifs is 2. The van der Waals surface area contributed by atoms with Gasteiger partial charge in [0, 0.05) is 17.8 Å². The Hall–Kier alpha value is -4.01. The van der Waals surface area contributed by atoms with Crippen LogP contribution >= 0.6 is 0 Å². The van der Waals surface area contributed by atoms with Gasteiger partial charge in [-0.05, 0) is 12.1 Å². The van der Waals surface area contributed by atoms with Crippen LogP contribution in [0.1, 0.15) is 21.0 Å². The van der Waals surface area contributed by atoms with Crippen molar-refractivity contribution in [1.82, 2.24) is 30.8 Å². The Morgan fingerprint density at radius 1 is 0.889 bits per heavy atom. The van der Waals surface area contributed by atoms with Crippen molar-refractivity contribution in [3.05, 3.63) is 70.3 Å². The molecule has 0 spiro atoms. The lowest BCUT2D eigenvalue weighted by molar-refractivity contribution is 0.0842. The Bertz CT molecular complexity index is 1260. The van der Waals surface area contributed by atoms with Gasteiger partial charge in [-0.25, -0.2) is 4.68 Å². The molecule has 4 aromatic rings. The Kier molecular flexibility index (Phi) is 3.88. The lowest BCUT2D eigenvalue weighted by Gasteiger charge is -2.09. The molecule has 4 rings (SSSR count). The maximum Gasteiger partial charge on any atom is 0.290 e. The quantitative estimate of drug-likeness (QED) is 0.457. The highest BCUT2D eigenvalue weighted by atomic mass is 16.2. The van der Waals surface area contributed by atoms with Crippen LogP contribution in [0.2, 0.25) is 0 Å². The van der Waals surface area contributed by atoms with E-state index in [4.69, 9.17) is 0 Å². The standard InChI is InChI=1S/C18H14N6O3/c1-24-18(27)11-7-3-2-6-10(11)15(23-24)17(26)22-21-16(25)14-12-8-4-5-9-13(12)19-20-14/h2-9H,1H3,(H,19,20)(H,21,25)(H,22,26). The van der Waals surface area contributed by atoms with Gasteiger partial charge in [-0.15, -0.1) is 0 Å². The fourth-order valence-electron chi connectivity index (χ4n) is 2.84. The van der Waals surface area contributed by atoms with E-state index >= 15 is 0 Å². The van der Waals surface area contributed by atoms with E-state index in [1.807, 2.05) is 6.07 Å². The molecule has 0 saturated heterocycles. The number of hydrazine groups is 1. The molecule has 2 amide bonds. The molecule has 0 unspecified atom stereocenters. The van der Waals surface area contributed by atoms with Crippen LogP contribution in [0, 0.1) is 0 Å². The highest BCUT2D eigenvalue weighted by Gasteiger charge is 2.18. The molecule has 2 heterocycles. The number of aromatic amines is 1. The number of aromatic nitrogens is 4. The van der Waals surface area contributed by atoms with Gasteiger partial charge < -0.3 is 0 Å². The SMILES string of the molecule is Cn1nc(C(=O)NNC(=O)c2n[nH]c3ccccc23)c2ccccc2c1=O. The van der Waals surface area contributed by atoms with Crippen LogP contribution in [0.3, 0.4) is 0 Å². The van der Waals surface area contributed by atoms with Gasteiger partial charge in [0.05, 0.1) is 10.9 Å². The van der Waals surface area contributed by atoms with Crippen molar-refractivity contribution in [2.24, 2.45) is 7.05 Å². The number of rotatable bonds is 2. The number of benzene rings is 2. The molecule has 9 nitrogen and oxygen atoms in total. The molecule has 134 valence electrons. The number of aryl methyl sites for hydroxylation is 1. The van der Waals surface area contributed by atoms with Gasteiger partial charge in [-0.1, -0.05) is 36.4 Å². The van der Waals surface area contributed by atoms with Gasteiger partial charge in [0.25, 0.3) is 17.4 Å². The molecule has 0 fully saturated rings. The third kappa shape index (κ3) is 2.80. The minimum Gasteiger partial charge on any atom is -0.277 e. The zero-order valence-corrected chi connectivity index (χ0v) is 14.2. The van der Waals surface area contributed by atoms with Gasteiger partial charge in [0.15, 0.2) is 11.4 Å². The zero-order valence-electron chi connectivity index (χ0n) is 14.2. The first-order valence-electron chi connectivity index (χ1n) is 8.06. The Balaban J connectivity index is 1.60. The lowest BCUT2D eigenvalue weighted by Crippen LogP contribution is -2.42. The molecule has 0 saturated carbocycles. The van der Waals surface area contributed by atoms with Crippen LogP contribution in [0.5, 0.6) is 0 Å². The van der Waals surface area contributed by atoms with Gasteiger partial charge in [0.2, 0.25) is 0 Å². The predicted molar refractivity (Wildman–Crippen MR) is 98.0 cm³/mol. The van der Waals surface area contributed by atoms with Crippen LogP contribution in [-0.4, -0.2) is 31.8 Å². The largest absolute Gasteiger partial charge is 0.290 e. The maximum atomic E-state index is 12.5. The minimum atomic E-state index is -0.644. The van der Waals surface area contributed by atoms with Gasteiger partial charge >= 0.3 is 0 Å². The Morgan fingerprint density at radius 3 is 2.22 bits per heavy atom. The summed E-state index contributed by atoms with van der Waals surface area (Å²) >= 11 is 0. The summed E-state index contributed by atoms with van der Waals surface area (Å²) in [5.74, 6) is -1.22. The molecule has 9 heteroatoms. The Morgan fingerprint density at radius 2 is 1.48 bits per heavy atom. The van der Waals surface area contributed by atoms with Crippen LogP contribution < -0.4 is 16.4 Å². The summed E-state index contributed by atoms with van der Waals surface area (Å²) in [4.78, 5) is 37.0. The number of H-pyrrole nitrogens is 1. The second-order valence-corrected chi connectivity index (χ2v) is 5.85. The molecular weight excluding hydrogens is 348 g/mol. The Labute approximate surface area is 152 Å². The summed E-state index contributed by atoms with van der Waals surface area (Å²) in [7, 11) is 1.46. The summed E-state index contributed by atoms with van der Waals surface area (Å²) in [5.41, 5.74) is 5.23. The van der Waals surface area contributed by atoms with E-state index in [9.17, 15) is 14.4 Å². The van der Waals surface area contributed by atoms with E-state index in [0.717, 1.165) is 4.68 Å². The summed E-state index contributed by atoms with van der Waals surface area (Å²) in [6.45, 7) is 0. The highest BCUT2D eigenvalue weighted by Crippen LogP contribution is 2.15. The van der Waals surface area contributed by atoms with Gasteiger partial charge in [-0.2, -0.15) is 10.2 Å². The predicted octanol–water partition coefficient (Wildman–Crippen LogP) is 0.885. The van der Waals surface area contributed by atoms with Crippen molar-refractivity contribution < 1.29 is 9.59 Å². The molecule has 0 aliphatic carbocycles. The van der Waals surface area contributed by atoms with E-state index in [1.165, 1.54) is 7.05 Å². The van der Waals surface area contributed by atoms with Crippen molar-refractivity contribution >= 4 is 33.5 Å². The molecule has 27 heavy (non-hydrogen) atoms. The van der Waals surface area contributed by atoms with Crippen molar-refractivity contribution in [3.8, 4) is 0 Å². The average molecular weight is 362 g/mol. The molecule has 0 atom stereocenters. The number of hydrogen-bond acceptors (Lipinski definition) is 5. The molecule has 0 radical (unpaired) electrons. The smallest absolute Gasteiger partial charge is 0.277 e. The second-order valence-electron chi connectivity index (χ2n) is 5.85. The fraction of sp³-hybridized carbons (Fsp3) is 0.0556. The summed E-state index contributed by atoms with van der Waals surface area (Å²) in [6, 6.07) is 13.8. The first-order valence-corrected chi connectivity index (χ1v) is 8.06. The maximum absolute atomic E-state index is 12.5. The lowest BCUT2D eigenvalue weighted by atomic mass is 10.1. The first kappa shape index (κ1) is 16.5. The second kappa shape index (κ2) is 6.37. The number of carbonyl (C=O) groups is 2. The van der Waals surface area contributed by atoms with Crippen LogP contribution in [0.15, 0.2) is 53.3 Å². The van der Waals surface area contributed by atoms with E-state index in [1.54, 1.807) is 42.5 Å². The number of para-hydroxylation sites is 1. The highest BCUT2D eigenvalue weighted by molar-refractivity contribution is 6.08. The van der Waals surface area contributed by atoms with Gasteiger partial charge in [0.1, 0.15) is 0 Å². The third-order valence-corrected chi connectivity index (χ3v) is 4.15. The molecular formula is C18H14N6O3.